The van der Waals surface area contributed by atoms with Gasteiger partial charge in [-0.15, -0.1) is 0 Å². The fourth-order valence-electron chi connectivity index (χ4n) is 1.01. The summed E-state index contributed by atoms with van der Waals surface area (Å²) in [6, 6.07) is 5.67. The summed E-state index contributed by atoms with van der Waals surface area (Å²) in [6.07, 6.45) is 3.40. The Balaban J connectivity index is 0.000000306. The van der Waals surface area contributed by atoms with Gasteiger partial charge in [-0.2, -0.15) is 0 Å². The van der Waals surface area contributed by atoms with Gasteiger partial charge < -0.3 is 0 Å². The highest BCUT2D eigenvalue weighted by Gasteiger charge is 1.97. The van der Waals surface area contributed by atoms with E-state index in [1.807, 2.05) is 32.0 Å². The van der Waals surface area contributed by atoms with Crippen LogP contribution in [-0.4, -0.2) is 9.97 Å². The van der Waals surface area contributed by atoms with Gasteiger partial charge in [-0.25, -0.2) is 9.97 Å². The molecule has 2 rings (SSSR count). The minimum atomic E-state index is 0. The molecule has 0 atom stereocenters. The van der Waals surface area contributed by atoms with Crippen molar-refractivity contribution in [1.29, 1.82) is 0 Å². The molecule has 0 aliphatic rings. The van der Waals surface area contributed by atoms with Crippen molar-refractivity contribution < 1.29 is 0 Å². The van der Waals surface area contributed by atoms with E-state index < -0.39 is 0 Å². The quantitative estimate of drug-likeness (QED) is 0.444. The summed E-state index contributed by atoms with van der Waals surface area (Å²) in [6.45, 7) is 3.99. The molecular weight excluding hydrogens is 382 g/mol. The smallest absolute Gasteiger partial charge is 0.142 e. The Hall–Kier alpha value is -0.390. The van der Waals surface area contributed by atoms with Gasteiger partial charge >= 0.3 is 0 Å². The molecule has 5 heteroatoms. The van der Waals surface area contributed by atoms with E-state index in [-0.39, 0.29) is 7.43 Å². The summed E-state index contributed by atoms with van der Waals surface area (Å²) in [5.74, 6) is 0. The van der Waals surface area contributed by atoms with Crippen molar-refractivity contribution in [2.45, 2.75) is 21.3 Å². The predicted octanol–water partition coefficient (Wildman–Crippen LogP) is 5.33. The number of hydrogen-bond acceptors (Lipinski definition) is 2. The van der Waals surface area contributed by atoms with E-state index in [1.54, 1.807) is 12.4 Å². The number of hydrogen-bond donors (Lipinski definition) is 0. The third kappa shape index (κ3) is 5.98. The van der Waals surface area contributed by atoms with Crippen LogP contribution in [0.1, 0.15) is 18.6 Å². The molecule has 18 heavy (non-hydrogen) atoms. The second-order valence-electron chi connectivity index (χ2n) is 3.39. The Morgan fingerprint density at radius 2 is 1.67 bits per heavy atom. The largest absolute Gasteiger partial charge is 0.245 e. The van der Waals surface area contributed by atoms with Gasteiger partial charge in [-0.1, -0.05) is 30.6 Å². The normalized spacial score (nSPS) is 8.94. The minimum Gasteiger partial charge on any atom is -0.245 e. The van der Waals surface area contributed by atoms with E-state index in [1.165, 1.54) is 5.56 Å². The number of rotatable bonds is 0. The Kier molecular flexibility index (Phi) is 8.48. The zero-order valence-corrected chi connectivity index (χ0v) is 13.1. The first-order valence-electron chi connectivity index (χ1n) is 4.85. The molecule has 0 radical (unpaired) electrons. The predicted molar refractivity (Wildman–Crippen MR) is 87.4 cm³/mol. The zero-order chi connectivity index (χ0) is 12.8. The van der Waals surface area contributed by atoms with Crippen molar-refractivity contribution in [2.24, 2.45) is 0 Å². The number of halogens is 3. The molecule has 98 valence electrons. The Morgan fingerprint density at radius 3 is 2.06 bits per heavy atom. The van der Waals surface area contributed by atoms with Crippen LogP contribution in [0.15, 0.2) is 30.6 Å². The van der Waals surface area contributed by atoms with Crippen LogP contribution in [0.5, 0.6) is 0 Å². The highest BCUT2D eigenvalue weighted by Crippen LogP contribution is 2.17. The lowest BCUT2D eigenvalue weighted by atomic mass is 10.3. The molecule has 0 fully saturated rings. The third-order valence-electron chi connectivity index (χ3n) is 1.92. The van der Waals surface area contributed by atoms with Gasteiger partial charge in [0.05, 0.1) is 3.57 Å². The molecule has 2 aromatic heterocycles. The maximum absolute atomic E-state index is 5.70. The fraction of sp³-hybridized carbons (Fsp3) is 0.231. The SMILES string of the molecule is C.Cc1ccnc(Cl)c1.Cc1ccnc(Cl)c1I. The number of pyridine rings is 2. The highest BCUT2D eigenvalue weighted by molar-refractivity contribution is 14.1. The summed E-state index contributed by atoms with van der Waals surface area (Å²) in [5.41, 5.74) is 2.32. The molecule has 2 aromatic rings. The van der Waals surface area contributed by atoms with Crippen molar-refractivity contribution in [2.75, 3.05) is 0 Å². The lowest BCUT2D eigenvalue weighted by Crippen LogP contribution is -1.83. The molecular formula is C13H15Cl2IN2. The summed E-state index contributed by atoms with van der Waals surface area (Å²) in [4.78, 5) is 7.70. The van der Waals surface area contributed by atoms with E-state index in [0.717, 1.165) is 9.13 Å². The minimum absolute atomic E-state index is 0. The first kappa shape index (κ1) is 17.6. The van der Waals surface area contributed by atoms with E-state index in [9.17, 15) is 0 Å². The molecule has 0 aliphatic carbocycles. The lowest BCUT2D eigenvalue weighted by Gasteiger charge is -1.95. The van der Waals surface area contributed by atoms with Crippen LogP contribution >= 0.6 is 45.8 Å². The molecule has 0 saturated heterocycles. The molecule has 0 unspecified atom stereocenters. The second-order valence-corrected chi connectivity index (χ2v) is 5.21. The monoisotopic (exact) mass is 396 g/mol. The van der Waals surface area contributed by atoms with Crippen LogP contribution in [0, 0.1) is 17.4 Å². The van der Waals surface area contributed by atoms with E-state index in [0.29, 0.717) is 10.3 Å². The van der Waals surface area contributed by atoms with Gasteiger partial charge in [0, 0.05) is 12.4 Å². The summed E-state index contributed by atoms with van der Waals surface area (Å²) < 4.78 is 1.04. The molecule has 0 N–H and O–H groups in total. The molecule has 0 aliphatic heterocycles. The maximum Gasteiger partial charge on any atom is 0.142 e. The van der Waals surface area contributed by atoms with Crippen molar-refractivity contribution in [3.05, 3.63) is 55.6 Å². The van der Waals surface area contributed by atoms with Crippen LogP contribution in [0.25, 0.3) is 0 Å². The topological polar surface area (TPSA) is 25.8 Å². The van der Waals surface area contributed by atoms with Crippen molar-refractivity contribution in [1.82, 2.24) is 9.97 Å². The highest BCUT2D eigenvalue weighted by atomic mass is 127. The summed E-state index contributed by atoms with van der Waals surface area (Å²) >= 11 is 13.4. The molecule has 0 spiro atoms. The van der Waals surface area contributed by atoms with Gasteiger partial charge in [0.15, 0.2) is 0 Å². The van der Waals surface area contributed by atoms with Crippen molar-refractivity contribution in [3.8, 4) is 0 Å². The molecule has 2 heterocycles. The van der Waals surface area contributed by atoms with Crippen LogP contribution in [-0.2, 0) is 0 Å². The standard InChI is InChI=1S/C6H5ClIN.C6H6ClN.CH4/c1-4-2-3-9-6(7)5(4)8;1-5-2-3-8-6(7)4-5;/h2-3H,1H3;2-4H,1H3;1H4. The van der Waals surface area contributed by atoms with E-state index in [4.69, 9.17) is 23.2 Å². The molecule has 0 aromatic carbocycles. The van der Waals surface area contributed by atoms with Gasteiger partial charge in [0.2, 0.25) is 0 Å². The number of nitrogens with zero attached hydrogens (tertiary/aromatic N) is 2. The average Bonchev–Trinajstić information content (AvgIpc) is 2.26. The van der Waals surface area contributed by atoms with Crippen molar-refractivity contribution >= 4 is 45.8 Å². The summed E-state index contributed by atoms with van der Waals surface area (Å²) in [5, 5.41) is 1.15. The van der Waals surface area contributed by atoms with Gasteiger partial charge in [0.1, 0.15) is 10.3 Å². The first-order valence-corrected chi connectivity index (χ1v) is 6.69. The van der Waals surface area contributed by atoms with Crippen LogP contribution < -0.4 is 0 Å². The fourth-order valence-corrected chi connectivity index (χ4v) is 1.76. The molecule has 2 nitrogen and oxygen atoms in total. The Bertz CT molecular complexity index is 467. The van der Waals surface area contributed by atoms with Gasteiger partial charge in [-0.3, -0.25) is 0 Å². The molecule has 0 bridgehead atoms. The first-order chi connectivity index (χ1) is 8.00. The Labute approximate surface area is 132 Å². The molecule has 0 saturated carbocycles. The van der Waals surface area contributed by atoms with Crippen LogP contribution in [0.4, 0.5) is 0 Å². The van der Waals surface area contributed by atoms with Crippen LogP contribution in [0.3, 0.4) is 0 Å². The van der Waals surface area contributed by atoms with Gasteiger partial charge in [-0.05, 0) is 65.8 Å². The second kappa shape index (κ2) is 8.67. The van der Waals surface area contributed by atoms with E-state index in [2.05, 4.69) is 32.6 Å². The number of aryl methyl sites for hydroxylation is 2. The van der Waals surface area contributed by atoms with Gasteiger partial charge in [0.25, 0.3) is 0 Å². The number of aromatic nitrogens is 2. The zero-order valence-electron chi connectivity index (χ0n) is 9.42. The molecule has 0 amide bonds. The average molecular weight is 397 g/mol. The Morgan fingerprint density at radius 1 is 1.06 bits per heavy atom. The van der Waals surface area contributed by atoms with E-state index >= 15 is 0 Å². The maximum atomic E-state index is 5.70. The summed E-state index contributed by atoms with van der Waals surface area (Å²) in [7, 11) is 0. The van der Waals surface area contributed by atoms with Crippen molar-refractivity contribution in [3.63, 3.8) is 0 Å². The third-order valence-corrected chi connectivity index (χ3v) is 4.10. The van der Waals surface area contributed by atoms with Crippen LogP contribution in [0.2, 0.25) is 10.3 Å². The lowest BCUT2D eigenvalue weighted by molar-refractivity contribution is 1.26.